The number of aromatic nitrogens is 1. The maximum Gasteiger partial charge on any atom is 0.256 e. The van der Waals surface area contributed by atoms with Crippen molar-refractivity contribution < 1.29 is 14.4 Å². The van der Waals surface area contributed by atoms with Gasteiger partial charge in [-0.15, -0.1) is 0 Å². The second-order valence-electron chi connectivity index (χ2n) is 5.91. The van der Waals surface area contributed by atoms with Crippen LogP contribution in [0.1, 0.15) is 33.3 Å². The Morgan fingerprint density at radius 1 is 1.16 bits per heavy atom. The molecule has 0 aliphatic heterocycles. The molecule has 2 N–H and O–H groups in total. The van der Waals surface area contributed by atoms with E-state index in [0.717, 1.165) is 16.7 Å². The van der Waals surface area contributed by atoms with Gasteiger partial charge in [-0.1, -0.05) is 65.3 Å². The van der Waals surface area contributed by atoms with Crippen LogP contribution in [0.15, 0.2) is 59.1 Å². The Bertz CT molecular complexity index is 854. The number of rotatable bonds is 5. The predicted octanol–water partition coefficient (Wildman–Crippen LogP) is 3.29. The Kier molecular flexibility index (Phi) is 4.95. The average molecular weight is 336 g/mol. The minimum absolute atomic E-state index is 0.172. The summed E-state index contributed by atoms with van der Waals surface area (Å²) < 4.78 is 5.42. The zero-order valence-electron chi connectivity index (χ0n) is 14.2. The van der Waals surface area contributed by atoms with Crippen LogP contribution in [0.5, 0.6) is 0 Å². The van der Waals surface area contributed by atoms with Gasteiger partial charge in [0.05, 0.1) is 6.10 Å². The summed E-state index contributed by atoms with van der Waals surface area (Å²) in [5.41, 5.74) is 3.52. The summed E-state index contributed by atoms with van der Waals surface area (Å²) in [6.45, 7) is 1.99. The van der Waals surface area contributed by atoms with Gasteiger partial charge in [0.1, 0.15) is 11.3 Å². The summed E-state index contributed by atoms with van der Waals surface area (Å²) in [5, 5.41) is 17.2. The molecule has 5 nitrogen and oxygen atoms in total. The van der Waals surface area contributed by atoms with Crippen molar-refractivity contribution in [3.05, 3.63) is 77.0 Å². The molecule has 3 rings (SSSR count). The second kappa shape index (κ2) is 7.32. The Hall–Kier alpha value is -2.92. The van der Waals surface area contributed by atoms with Crippen LogP contribution in [-0.4, -0.2) is 23.2 Å². The summed E-state index contributed by atoms with van der Waals surface area (Å²) >= 11 is 0. The second-order valence-corrected chi connectivity index (χ2v) is 5.91. The zero-order valence-corrected chi connectivity index (χ0v) is 14.2. The van der Waals surface area contributed by atoms with Crippen molar-refractivity contribution in [2.24, 2.45) is 0 Å². The molecular weight excluding hydrogens is 316 g/mol. The van der Waals surface area contributed by atoms with Gasteiger partial charge in [0.15, 0.2) is 5.76 Å². The molecule has 0 aliphatic carbocycles. The van der Waals surface area contributed by atoms with Crippen LogP contribution in [0.3, 0.4) is 0 Å². The first-order chi connectivity index (χ1) is 12.1. The molecule has 1 atom stereocenters. The number of aliphatic hydroxyl groups is 1. The van der Waals surface area contributed by atoms with Crippen LogP contribution in [0, 0.1) is 6.92 Å². The van der Waals surface area contributed by atoms with Crippen molar-refractivity contribution in [3.63, 3.8) is 0 Å². The van der Waals surface area contributed by atoms with E-state index in [1.807, 2.05) is 61.5 Å². The van der Waals surface area contributed by atoms with E-state index in [4.69, 9.17) is 4.52 Å². The van der Waals surface area contributed by atoms with E-state index in [1.54, 1.807) is 7.05 Å². The number of amides is 1. The molecule has 0 saturated carbocycles. The van der Waals surface area contributed by atoms with Crippen molar-refractivity contribution in [1.82, 2.24) is 10.5 Å². The number of nitrogens with one attached hydrogen (secondary N) is 1. The maximum atomic E-state index is 12.4. The largest absolute Gasteiger partial charge is 0.388 e. The van der Waals surface area contributed by atoms with Crippen LogP contribution < -0.4 is 5.32 Å². The minimum atomic E-state index is -0.775. The molecule has 25 heavy (non-hydrogen) atoms. The molecule has 1 unspecified atom stereocenters. The van der Waals surface area contributed by atoms with E-state index in [9.17, 15) is 9.90 Å². The summed E-state index contributed by atoms with van der Waals surface area (Å²) in [4.78, 5) is 12.4. The Labute approximate surface area is 146 Å². The van der Waals surface area contributed by atoms with Gasteiger partial charge in [0, 0.05) is 19.0 Å². The van der Waals surface area contributed by atoms with Crippen molar-refractivity contribution in [2.45, 2.75) is 19.4 Å². The van der Waals surface area contributed by atoms with Crippen LogP contribution in [-0.2, 0) is 6.42 Å². The number of carbonyl (C=O) groups is 1. The first-order valence-electron chi connectivity index (χ1n) is 8.11. The maximum absolute atomic E-state index is 12.4. The van der Waals surface area contributed by atoms with Crippen molar-refractivity contribution >= 4 is 5.91 Å². The van der Waals surface area contributed by atoms with Crippen molar-refractivity contribution in [3.8, 4) is 11.3 Å². The van der Waals surface area contributed by atoms with E-state index in [1.165, 1.54) is 0 Å². The molecule has 3 aromatic rings. The third-order valence-corrected chi connectivity index (χ3v) is 4.10. The highest BCUT2D eigenvalue weighted by Crippen LogP contribution is 2.29. The number of aliphatic hydroxyl groups excluding tert-OH is 1. The molecule has 1 amide bonds. The molecule has 0 fully saturated rings. The normalized spacial score (nSPS) is 12.0. The molecule has 1 heterocycles. The number of benzene rings is 2. The lowest BCUT2D eigenvalue weighted by atomic mass is 9.99. The topological polar surface area (TPSA) is 75.4 Å². The third-order valence-electron chi connectivity index (χ3n) is 4.10. The summed E-state index contributed by atoms with van der Waals surface area (Å²) in [5.74, 6) is 0.0818. The molecule has 0 bridgehead atoms. The smallest absolute Gasteiger partial charge is 0.256 e. The van der Waals surface area contributed by atoms with Gasteiger partial charge >= 0.3 is 0 Å². The molecule has 0 spiro atoms. The highest BCUT2D eigenvalue weighted by molar-refractivity contribution is 6.00. The SMILES string of the molecule is CNC(=O)c1c(-c2ccc(C)cc2)noc1CC(O)c1ccccc1. The first kappa shape index (κ1) is 16.9. The van der Waals surface area contributed by atoms with Crippen molar-refractivity contribution in [1.29, 1.82) is 0 Å². The third kappa shape index (κ3) is 3.61. The van der Waals surface area contributed by atoms with Gasteiger partial charge in [-0.25, -0.2) is 0 Å². The highest BCUT2D eigenvalue weighted by Gasteiger charge is 2.25. The molecule has 2 aromatic carbocycles. The standard InChI is InChI=1S/C20H20N2O3/c1-13-8-10-15(11-9-13)19-18(20(24)21-2)17(25-22-19)12-16(23)14-6-4-3-5-7-14/h3-11,16,23H,12H2,1-2H3,(H,21,24). The molecular formula is C20H20N2O3. The van der Waals surface area contributed by atoms with E-state index in [2.05, 4.69) is 10.5 Å². The van der Waals surface area contributed by atoms with Crippen LogP contribution in [0.25, 0.3) is 11.3 Å². The average Bonchev–Trinajstić information content (AvgIpc) is 3.06. The molecule has 5 heteroatoms. The summed E-state index contributed by atoms with van der Waals surface area (Å²) in [6.07, 6.45) is -0.602. The lowest BCUT2D eigenvalue weighted by Crippen LogP contribution is -2.20. The van der Waals surface area contributed by atoms with Gasteiger partial charge < -0.3 is 14.9 Å². The van der Waals surface area contributed by atoms with Gasteiger partial charge in [0.25, 0.3) is 5.91 Å². The van der Waals surface area contributed by atoms with Gasteiger partial charge in [-0.2, -0.15) is 0 Å². The van der Waals surface area contributed by atoms with E-state index < -0.39 is 6.10 Å². The molecule has 1 aromatic heterocycles. The molecule has 128 valence electrons. The van der Waals surface area contributed by atoms with Gasteiger partial charge in [0.2, 0.25) is 0 Å². The lowest BCUT2D eigenvalue weighted by molar-refractivity contribution is 0.0959. The van der Waals surface area contributed by atoms with Crippen LogP contribution in [0.2, 0.25) is 0 Å². The zero-order chi connectivity index (χ0) is 17.8. The number of hydrogen-bond donors (Lipinski definition) is 2. The van der Waals surface area contributed by atoms with Gasteiger partial charge in [-0.3, -0.25) is 4.79 Å². The van der Waals surface area contributed by atoms with Crippen molar-refractivity contribution in [2.75, 3.05) is 7.05 Å². The lowest BCUT2D eigenvalue weighted by Gasteiger charge is -2.10. The van der Waals surface area contributed by atoms with E-state index in [-0.39, 0.29) is 12.3 Å². The number of aryl methyl sites for hydroxylation is 1. The molecule has 0 radical (unpaired) electrons. The minimum Gasteiger partial charge on any atom is -0.388 e. The Morgan fingerprint density at radius 3 is 2.48 bits per heavy atom. The highest BCUT2D eigenvalue weighted by atomic mass is 16.5. The summed E-state index contributed by atoms with van der Waals surface area (Å²) in [6, 6.07) is 17.0. The number of nitrogens with zero attached hydrogens (tertiary/aromatic N) is 1. The van der Waals surface area contributed by atoms with Crippen LogP contribution in [0.4, 0.5) is 0 Å². The number of carbonyl (C=O) groups excluding carboxylic acids is 1. The molecule has 0 aliphatic rings. The fourth-order valence-electron chi connectivity index (χ4n) is 2.70. The van der Waals surface area contributed by atoms with Crippen LogP contribution >= 0.6 is 0 Å². The van der Waals surface area contributed by atoms with E-state index in [0.29, 0.717) is 17.0 Å². The fourth-order valence-corrected chi connectivity index (χ4v) is 2.70. The monoisotopic (exact) mass is 336 g/mol. The van der Waals surface area contributed by atoms with E-state index >= 15 is 0 Å². The summed E-state index contributed by atoms with van der Waals surface area (Å²) in [7, 11) is 1.56. The quantitative estimate of drug-likeness (QED) is 0.750. The molecule has 0 saturated heterocycles. The van der Waals surface area contributed by atoms with Gasteiger partial charge in [-0.05, 0) is 12.5 Å². The fraction of sp³-hybridized carbons (Fsp3) is 0.200. The Balaban J connectivity index is 1.97. The number of hydrogen-bond acceptors (Lipinski definition) is 4. The Morgan fingerprint density at radius 2 is 1.84 bits per heavy atom. The predicted molar refractivity (Wildman–Crippen MR) is 95.2 cm³/mol. The first-order valence-corrected chi connectivity index (χ1v) is 8.11.